The topological polar surface area (TPSA) is 79.8 Å². The van der Waals surface area contributed by atoms with Gasteiger partial charge in [0.1, 0.15) is 0 Å². The fourth-order valence-electron chi connectivity index (χ4n) is 2.63. The molecule has 0 saturated carbocycles. The highest BCUT2D eigenvalue weighted by Crippen LogP contribution is 2.10. The maximum absolute atomic E-state index is 11.5. The Labute approximate surface area is 161 Å². The van der Waals surface area contributed by atoms with E-state index in [0.29, 0.717) is 24.6 Å². The Morgan fingerprint density at radius 2 is 1.74 bits per heavy atom. The van der Waals surface area contributed by atoms with Gasteiger partial charge in [-0.1, -0.05) is 36.4 Å². The molecule has 0 aliphatic heterocycles. The van der Waals surface area contributed by atoms with Crippen LogP contribution in [0.15, 0.2) is 58.4 Å². The molecule has 0 aromatic heterocycles. The Morgan fingerprint density at radius 3 is 2.37 bits per heavy atom. The average molecular weight is 390 g/mol. The summed E-state index contributed by atoms with van der Waals surface area (Å²) in [7, 11) is 0.269. The third-order valence-electron chi connectivity index (χ3n) is 4.04. The summed E-state index contributed by atoms with van der Waals surface area (Å²) in [6.07, 6.45) is 1.98. The first kappa shape index (κ1) is 20.9. The van der Waals surface area contributed by atoms with E-state index >= 15 is 0 Å². The highest BCUT2D eigenvalue weighted by atomic mass is 32.2. The highest BCUT2D eigenvalue weighted by Gasteiger charge is 2.06. The highest BCUT2D eigenvalue weighted by molar-refractivity contribution is 7.90. The van der Waals surface area contributed by atoms with Crippen molar-refractivity contribution in [2.75, 3.05) is 27.0 Å². The molecule has 0 radical (unpaired) electrons. The third-order valence-corrected chi connectivity index (χ3v) is 5.17. The lowest BCUT2D eigenvalue weighted by atomic mass is 10.1. The Hall–Kier alpha value is -2.38. The molecule has 0 atom stereocenters. The van der Waals surface area contributed by atoms with Crippen molar-refractivity contribution in [2.45, 2.75) is 24.5 Å². The van der Waals surface area contributed by atoms with Crippen LogP contribution in [0.1, 0.15) is 16.7 Å². The molecule has 2 N–H and O–H groups in total. The lowest BCUT2D eigenvalue weighted by Crippen LogP contribution is -2.37. The van der Waals surface area contributed by atoms with Crippen LogP contribution in [0.4, 0.5) is 0 Å². The molecule has 0 amide bonds. The summed E-state index contributed by atoms with van der Waals surface area (Å²) in [5.41, 5.74) is 3.36. The van der Waals surface area contributed by atoms with Crippen molar-refractivity contribution in [1.82, 2.24) is 10.6 Å². The maximum Gasteiger partial charge on any atom is 0.191 e. The Bertz CT molecular complexity index is 862. The van der Waals surface area contributed by atoms with Crippen LogP contribution < -0.4 is 10.6 Å². The number of sulfone groups is 1. The molecular weight excluding hydrogens is 362 g/mol. The minimum Gasteiger partial charge on any atom is -0.380 e. The van der Waals surface area contributed by atoms with E-state index in [4.69, 9.17) is 4.74 Å². The van der Waals surface area contributed by atoms with E-state index in [1.54, 1.807) is 26.3 Å². The van der Waals surface area contributed by atoms with Gasteiger partial charge >= 0.3 is 0 Å². The number of aliphatic imine (C=N–C) groups is 1. The number of hydrogen-bond acceptors (Lipinski definition) is 4. The molecule has 0 fully saturated rings. The van der Waals surface area contributed by atoms with Crippen molar-refractivity contribution in [3.8, 4) is 0 Å². The zero-order chi connectivity index (χ0) is 19.7. The van der Waals surface area contributed by atoms with Crippen LogP contribution in [0.3, 0.4) is 0 Å². The molecular formula is C20H27N3O3S. The second kappa shape index (κ2) is 10.1. The van der Waals surface area contributed by atoms with E-state index in [0.717, 1.165) is 29.1 Å². The van der Waals surface area contributed by atoms with E-state index in [2.05, 4.69) is 27.8 Å². The molecule has 0 unspecified atom stereocenters. The number of nitrogens with one attached hydrogen (secondary N) is 2. The van der Waals surface area contributed by atoms with Gasteiger partial charge in [0.15, 0.2) is 15.8 Å². The zero-order valence-corrected chi connectivity index (χ0v) is 16.8. The molecule has 7 heteroatoms. The quantitative estimate of drug-likeness (QED) is 0.534. The van der Waals surface area contributed by atoms with Crippen LogP contribution in [-0.4, -0.2) is 41.3 Å². The predicted octanol–water partition coefficient (Wildman–Crippen LogP) is 2.14. The summed E-state index contributed by atoms with van der Waals surface area (Å²) < 4.78 is 28.1. The van der Waals surface area contributed by atoms with Crippen LogP contribution in [0.2, 0.25) is 0 Å². The van der Waals surface area contributed by atoms with Crippen molar-refractivity contribution in [1.29, 1.82) is 0 Å². The number of methoxy groups -OCH3 is 1. The fraction of sp³-hybridized carbons (Fsp3) is 0.350. The second-order valence-corrected chi connectivity index (χ2v) is 8.29. The van der Waals surface area contributed by atoms with Crippen LogP contribution in [-0.2, 0) is 34.1 Å². The van der Waals surface area contributed by atoms with Gasteiger partial charge in [-0.05, 0) is 35.2 Å². The number of nitrogens with zero attached hydrogens (tertiary/aromatic N) is 1. The molecule has 6 nitrogen and oxygen atoms in total. The van der Waals surface area contributed by atoms with Crippen molar-refractivity contribution >= 4 is 15.8 Å². The first-order valence-electron chi connectivity index (χ1n) is 8.72. The summed E-state index contributed by atoms with van der Waals surface area (Å²) >= 11 is 0. The first-order chi connectivity index (χ1) is 12.9. The standard InChI is InChI=1S/C20H27N3O3S/c1-21-20(23-14-17-5-4-6-18(13-17)15-26-2)22-12-11-16-7-9-19(10-8-16)27(3,24)25/h4-10,13H,11-12,14-15H2,1-3H3,(H2,21,22,23). The third kappa shape index (κ3) is 7.03. The van der Waals surface area contributed by atoms with E-state index in [1.807, 2.05) is 24.3 Å². The van der Waals surface area contributed by atoms with Crippen molar-refractivity contribution in [2.24, 2.45) is 4.99 Å². The Morgan fingerprint density at radius 1 is 1.04 bits per heavy atom. The van der Waals surface area contributed by atoms with Gasteiger partial charge in [-0.2, -0.15) is 0 Å². The van der Waals surface area contributed by atoms with Crippen LogP contribution in [0, 0.1) is 0 Å². The molecule has 0 bridgehead atoms. The Kier molecular flexibility index (Phi) is 7.82. The van der Waals surface area contributed by atoms with Gasteiger partial charge in [0.25, 0.3) is 0 Å². The second-order valence-electron chi connectivity index (χ2n) is 6.27. The van der Waals surface area contributed by atoms with Crippen LogP contribution >= 0.6 is 0 Å². The first-order valence-corrected chi connectivity index (χ1v) is 10.6. The number of hydrogen-bond donors (Lipinski definition) is 2. The number of benzene rings is 2. The summed E-state index contributed by atoms with van der Waals surface area (Å²) in [5.74, 6) is 0.722. The van der Waals surface area contributed by atoms with E-state index in [9.17, 15) is 8.42 Å². The summed E-state index contributed by atoms with van der Waals surface area (Å²) in [5, 5.41) is 6.56. The molecule has 146 valence electrons. The normalized spacial score (nSPS) is 12.0. The summed E-state index contributed by atoms with van der Waals surface area (Å²) in [6, 6.07) is 15.2. The van der Waals surface area contributed by atoms with Crippen molar-refractivity contribution < 1.29 is 13.2 Å². The maximum atomic E-state index is 11.5. The molecule has 0 aliphatic carbocycles. The van der Waals surface area contributed by atoms with E-state index in [1.165, 1.54) is 6.26 Å². The van der Waals surface area contributed by atoms with E-state index in [-0.39, 0.29) is 0 Å². The van der Waals surface area contributed by atoms with Gasteiger partial charge in [-0.3, -0.25) is 4.99 Å². The van der Waals surface area contributed by atoms with Crippen molar-refractivity contribution in [3.05, 3.63) is 65.2 Å². The lowest BCUT2D eigenvalue weighted by molar-refractivity contribution is 0.185. The van der Waals surface area contributed by atoms with E-state index < -0.39 is 9.84 Å². The minimum absolute atomic E-state index is 0.340. The molecule has 2 aromatic carbocycles. The van der Waals surface area contributed by atoms with Crippen LogP contribution in [0.5, 0.6) is 0 Å². The van der Waals surface area contributed by atoms with Gasteiger partial charge in [-0.15, -0.1) is 0 Å². The van der Waals surface area contributed by atoms with Gasteiger partial charge in [0, 0.05) is 33.5 Å². The SMILES string of the molecule is CN=C(NCCc1ccc(S(C)(=O)=O)cc1)NCc1cccc(COC)c1. The zero-order valence-electron chi connectivity index (χ0n) is 16.0. The molecule has 2 aromatic rings. The summed E-state index contributed by atoms with van der Waals surface area (Å²) in [6.45, 7) is 1.96. The molecule has 2 rings (SSSR count). The van der Waals surface area contributed by atoms with Crippen molar-refractivity contribution in [3.63, 3.8) is 0 Å². The molecule has 27 heavy (non-hydrogen) atoms. The average Bonchev–Trinajstić information content (AvgIpc) is 2.65. The number of guanidine groups is 1. The summed E-state index contributed by atoms with van der Waals surface area (Å²) in [4.78, 5) is 4.57. The van der Waals surface area contributed by atoms with Gasteiger partial charge in [0.2, 0.25) is 0 Å². The van der Waals surface area contributed by atoms with Gasteiger partial charge in [-0.25, -0.2) is 8.42 Å². The fourth-order valence-corrected chi connectivity index (χ4v) is 3.26. The molecule has 0 aliphatic rings. The monoisotopic (exact) mass is 389 g/mol. The smallest absolute Gasteiger partial charge is 0.191 e. The lowest BCUT2D eigenvalue weighted by Gasteiger charge is -2.12. The van der Waals surface area contributed by atoms with Crippen LogP contribution in [0.25, 0.3) is 0 Å². The minimum atomic E-state index is -3.15. The molecule has 0 spiro atoms. The predicted molar refractivity (Wildman–Crippen MR) is 109 cm³/mol. The Balaban J connectivity index is 1.81. The molecule has 0 heterocycles. The number of ether oxygens (including phenoxy) is 1. The molecule has 0 saturated heterocycles. The van der Waals surface area contributed by atoms with Gasteiger partial charge in [0.05, 0.1) is 11.5 Å². The number of rotatable bonds is 8. The van der Waals surface area contributed by atoms with Gasteiger partial charge < -0.3 is 15.4 Å². The largest absolute Gasteiger partial charge is 0.380 e.